The van der Waals surface area contributed by atoms with E-state index in [0.717, 1.165) is 11.8 Å². The summed E-state index contributed by atoms with van der Waals surface area (Å²) in [6.45, 7) is 10.0. The second-order valence-electron chi connectivity index (χ2n) is 10.8. The van der Waals surface area contributed by atoms with E-state index in [1.54, 1.807) is 23.2 Å². The lowest BCUT2D eigenvalue weighted by atomic mass is 9.54. The number of hydrogen-bond donors (Lipinski definition) is 2. The largest absolute Gasteiger partial charge is 0.474 e. The number of hydrogen-bond acceptors (Lipinski definition) is 4. The van der Waals surface area contributed by atoms with Gasteiger partial charge in [0.15, 0.2) is 0 Å². The third-order valence-electron chi connectivity index (χ3n) is 7.42. The summed E-state index contributed by atoms with van der Waals surface area (Å²) in [6, 6.07) is 0.262. The molecular weight excluding hydrogens is 404 g/mol. The normalized spacial score (nSPS) is 29.0. The molecule has 4 bridgehead atoms. The molecule has 4 saturated carbocycles. The number of nitrogens with zero attached hydrogens (tertiary/aromatic N) is 2. The van der Waals surface area contributed by atoms with Crippen LogP contribution in [0.3, 0.4) is 0 Å². The summed E-state index contributed by atoms with van der Waals surface area (Å²) < 4.78 is 7.57. The highest BCUT2D eigenvalue weighted by atomic mass is 16.5. The average Bonchev–Trinajstić information content (AvgIpc) is 3.10. The summed E-state index contributed by atoms with van der Waals surface area (Å²) in [5, 5.41) is 10.6. The van der Waals surface area contributed by atoms with Crippen LogP contribution < -0.4 is 15.4 Å². The number of nitrogens with one attached hydrogen (secondary N) is 2. The Labute approximate surface area is 191 Å². The smallest absolute Gasteiger partial charge is 0.258 e. The van der Waals surface area contributed by atoms with E-state index in [-0.39, 0.29) is 24.0 Å². The van der Waals surface area contributed by atoms with Crippen LogP contribution in [-0.2, 0) is 4.79 Å². The fraction of sp³-hybridized carbons (Fsp3) is 0.720. The molecular formula is C25H38N4O3. The Morgan fingerprint density at radius 1 is 1.19 bits per heavy atom. The van der Waals surface area contributed by atoms with E-state index in [0.29, 0.717) is 29.8 Å². The van der Waals surface area contributed by atoms with Gasteiger partial charge in [0.1, 0.15) is 5.56 Å². The number of carbonyl (C=O) groups excluding carboxylic acids is 2. The third kappa shape index (κ3) is 4.57. The molecule has 4 aliphatic rings. The van der Waals surface area contributed by atoms with Crippen molar-refractivity contribution in [2.45, 2.75) is 78.9 Å². The van der Waals surface area contributed by atoms with Crippen LogP contribution in [0.15, 0.2) is 12.3 Å². The Kier molecular flexibility index (Phi) is 6.37. The maximum absolute atomic E-state index is 13.3. The molecule has 0 saturated heterocycles. The molecule has 4 aliphatic carbocycles. The molecule has 0 radical (unpaired) electrons. The lowest BCUT2D eigenvalue weighted by Gasteiger charge is -2.54. The Bertz CT molecular complexity index is 858. The molecule has 2 N–H and O–H groups in total. The fourth-order valence-corrected chi connectivity index (χ4v) is 6.06. The van der Waals surface area contributed by atoms with E-state index in [4.69, 9.17) is 4.74 Å². The van der Waals surface area contributed by atoms with Crippen LogP contribution in [0.1, 0.15) is 77.1 Å². The van der Waals surface area contributed by atoms with Crippen LogP contribution >= 0.6 is 0 Å². The first-order valence-corrected chi connectivity index (χ1v) is 12.2. The summed E-state index contributed by atoms with van der Waals surface area (Å²) in [5.41, 5.74) is -0.257. The minimum atomic E-state index is -0.708. The highest BCUT2D eigenvalue weighted by Crippen LogP contribution is 2.53. The molecule has 0 spiro atoms. The standard InChI is InChI=1S/C25H38N4O3/c1-6-26-24(31)25(4,5)7-8-29-23(32-15(2)3)20(14-27-29)22(30)28-21-18-10-16-9-17(12-18)13-19(21)11-16/h7-8,14-19,21H,6,9-13H2,1-5H3,(H,26,31)(H,28,30)/b8-7+. The van der Waals surface area contributed by atoms with Gasteiger partial charge < -0.3 is 15.4 Å². The lowest BCUT2D eigenvalue weighted by molar-refractivity contribution is -0.127. The van der Waals surface area contributed by atoms with Crippen molar-refractivity contribution in [2.24, 2.45) is 29.1 Å². The van der Waals surface area contributed by atoms with E-state index < -0.39 is 5.41 Å². The van der Waals surface area contributed by atoms with Gasteiger partial charge in [-0.2, -0.15) is 5.10 Å². The van der Waals surface area contributed by atoms with Crippen LogP contribution in [0.5, 0.6) is 5.88 Å². The molecule has 0 aromatic carbocycles. The molecule has 1 aromatic heterocycles. The minimum absolute atomic E-state index is 0.0606. The van der Waals surface area contributed by atoms with Crippen molar-refractivity contribution < 1.29 is 14.3 Å². The topological polar surface area (TPSA) is 85.2 Å². The Hall–Kier alpha value is -2.31. The monoisotopic (exact) mass is 442 g/mol. The van der Waals surface area contributed by atoms with Gasteiger partial charge in [-0.1, -0.05) is 6.08 Å². The number of aromatic nitrogens is 2. The SMILES string of the molecule is CCNC(=O)C(C)(C)/C=C/n1ncc(C(=O)NC2C3CC4CC(C3)CC2C4)c1OC(C)C. The maximum atomic E-state index is 13.3. The van der Waals surface area contributed by atoms with E-state index in [1.165, 1.54) is 32.1 Å². The van der Waals surface area contributed by atoms with E-state index in [1.807, 2.05) is 34.6 Å². The van der Waals surface area contributed by atoms with Crippen LogP contribution in [-0.4, -0.2) is 40.3 Å². The first kappa shape index (κ1) is 22.9. The quantitative estimate of drug-likeness (QED) is 0.640. The second kappa shape index (κ2) is 8.91. The highest BCUT2D eigenvalue weighted by Gasteiger charge is 2.48. The molecule has 1 aromatic rings. The van der Waals surface area contributed by atoms with E-state index in [2.05, 4.69) is 15.7 Å². The molecule has 4 fully saturated rings. The Morgan fingerprint density at radius 2 is 1.81 bits per heavy atom. The van der Waals surface area contributed by atoms with Gasteiger partial charge in [-0.15, -0.1) is 0 Å². The zero-order valence-corrected chi connectivity index (χ0v) is 20.1. The summed E-state index contributed by atoms with van der Waals surface area (Å²) in [4.78, 5) is 25.6. The van der Waals surface area contributed by atoms with Crippen LogP contribution in [0.25, 0.3) is 6.20 Å². The van der Waals surface area contributed by atoms with Gasteiger partial charge in [-0.05, 0) is 90.4 Å². The van der Waals surface area contributed by atoms with Gasteiger partial charge in [0, 0.05) is 18.8 Å². The van der Waals surface area contributed by atoms with Gasteiger partial charge in [0.25, 0.3) is 5.91 Å². The second-order valence-corrected chi connectivity index (χ2v) is 10.8. The van der Waals surface area contributed by atoms with Crippen molar-refractivity contribution in [2.75, 3.05) is 6.54 Å². The number of ether oxygens (including phenoxy) is 1. The summed E-state index contributed by atoms with van der Waals surface area (Å²) in [7, 11) is 0. The van der Waals surface area contributed by atoms with Crippen molar-refractivity contribution in [3.05, 3.63) is 17.8 Å². The average molecular weight is 443 g/mol. The van der Waals surface area contributed by atoms with Gasteiger partial charge >= 0.3 is 0 Å². The molecule has 0 atom stereocenters. The molecule has 176 valence electrons. The number of amides is 2. The van der Waals surface area contributed by atoms with Crippen LogP contribution in [0.4, 0.5) is 0 Å². The van der Waals surface area contributed by atoms with E-state index in [9.17, 15) is 9.59 Å². The van der Waals surface area contributed by atoms with Gasteiger partial charge in [-0.3, -0.25) is 9.59 Å². The summed E-state index contributed by atoms with van der Waals surface area (Å²) in [5.74, 6) is 3.20. The molecule has 7 nitrogen and oxygen atoms in total. The van der Waals surface area contributed by atoms with Gasteiger partial charge in [-0.25, -0.2) is 4.68 Å². The van der Waals surface area contributed by atoms with Crippen molar-refractivity contribution >= 4 is 18.0 Å². The number of carbonyl (C=O) groups is 2. The molecule has 0 aliphatic heterocycles. The predicted molar refractivity (Wildman–Crippen MR) is 124 cm³/mol. The Balaban J connectivity index is 1.52. The lowest BCUT2D eigenvalue weighted by Crippen LogP contribution is -2.55. The van der Waals surface area contributed by atoms with Crippen molar-refractivity contribution in [1.82, 2.24) is 20.4 Å². The first-order chi connectivity index (χ1) is 15.2. The molecule has 1 heterocycles. The maximum Gasteiger partial charge on any atom is 0.258 e. The van der Waals surface area contributed by atoms with Crippen LogP contribution in [0.2, 0.25) is 0 Å². The molecule has 2 amide bonds. The molecule has 0 unspecified atom stereocenters. The summed E-state index contributed by atoms with van der Waals surface area (Å²) >= 11 is 0. The minimum Gasteiger partial charge on any atom is -0.474 e. The van der Waals surface area contributed by atoms with E-state index >= 15 is 0 Å². The zero-order chi connectivity index (χ0) is 23.0. The number of rotatable bonds is 8. The van der Waals surface area contributed by atoms with Crippen molar-refractivity contribution in [3.8, 4) is 5.88 Å². The van der Waals surface area contributed by atoms with Gasteiger partial charge in [0.05, 0.1) is 17.7 Å². The zero-order valence-electron chi connectivity index (χ0n) is 20.1. The highest BCUT2D eigenvalue weighted by molar-refractivity contribution is 5.96. The van der Waals surface area contributed by atoms with Crippen molar-refractivity contribution in [1.29, 1.82) is 0 Å². The predicted octanol–water partition coefficient (Wildman–Crippen LogP) is 3.86. The fourth-order valence-electron chi connectivity index (χ4n) is 6.06. The van der Waals surface area contributed by atoms with Gasteiger partial charge in [0.2, 0.25) is 11.8 Å². The van der Waals surface area contributed by atoms with Crippen LogP contribution in [0, 0.1) is 29.1 Å². The third-order valence-corrected chi connectivity index (χ3v) is 7.42. The first-order valence-electron chi connectivity index (χ1n) is 12.2. The molecule has 32 heavy (non-hydrogen) atoms. The summed E-state index contributed by atoms with van der Waals surface area (Å²) in [6.07, 6.45) is 11.4. The Morgan fingerprint density at radius 3 is 2.38 bits per heavy atom. The molecule has 5 rings (SSSR count). The molecule has 7 heteroatoms. The van der Waals surface area contributed by atoms with Crippen molar-refractivity contribution in [3.63, 3.8) is 0 Å².